The van der Waals surface area contributed by atoms with Crippen molar-refractivity contribution in [3.8, 4) is 0 Å². The van der Waals surface area contributed by atoms with Gasteiger partial charge in [-0.1, -0.05) is 25.5 Å². The van der Waals surface area contributed by atoms with Crippen molar-refractivity contribution in [2.24, 2.45) is 34.5 Å². The Morgan fingerprint density at radius 2 is 1.96 bits per heavy atom. The van der Waals surface area contributed by atoms with Crippen molar-refractivity contribution >= 4 is 11.6 Å². The molecule has 6 atom stereocenters. The molecule has 23 heavy (non-hydrogen) atoms. The van der Waals surface area contributed by atoms with Gasteiger partial charge in [-0.25, -0.2) is 0 Å². The molecule has 126 valence electrons. The number of rotatable bonds is 1. The molecule has 0 spiro atoms. The number of fused-ring (bicyclic) bond motifs is 5. The molecule has 0 unspecified atom stereocenters. The summed E-state index contributed by atoms with van der Waals surface area (Å²) in [6.45, 7) is 6.60. The topological polar surface area (TPSA) is 34.1 Å². The Bertz CT molecular complexity index is 589. The van der Waals surface area contributed by atoms with E-state index in [0.29, 0.717) is 29.3 Å². The van der Waals surface area contributed by atoms with Crippen LogP contribution in [0.15, 0.2) is 11.6 Å². The molecule has 0 radical (unpaired) electrons. The zero-order chi connectivity index (χ0) is 16.4. The summed E-state index contributed by atoms with van der Waals surface area (Å²) in [4.78, 5) is 24.0. The fraction of sp³-hybridized carbons (Fsp3) is 0.810. The van der Waals surface area contributed by atoms with Crippen molar-refractivity contribution in [2.45, 2.75) is 72.1 Å². The smallest absolute Gasteiger partial charge is 0.133 e. The van der Waals surface area contributed by atoms with Crippen LogP contribution >= 0.6 is 0 Å². The molecule has 0 bridgehead atoms. The van der Waals surface area contributed by atoms with Crippen LogP contribution in [0.4, 0.5) is 0 Å². The molecule has 0 saturated heterocycles. The minimum absolute atomic E-state index is 0.188. The Morgan fingerprint density at radius 3 is 2.70 bits per heavy atom. The summed E-state index contributed by atoms with van der Waals surface area (Å²) in [5, 5.41) is 0. The van der Waals surface area contributed by atoms with E-state index < -0.39 is 0 Å². The number of allylic oxidation sites excluding steroid dienone is 2. The third kappa shape index (κ3) is 2.06. The Kier molecular flexibility index (Phi) is 3.42. The molecular formula is C21H30O2. The molecule has 3 saturated carbocycles. The molecule has 3 fully saturated rings. The molecule has 0 aromatic heterocycles. The SMILES string of the molecule is CC(=O)[C@H]1CC[C@@H]2[C@@H]3CC[C@H]4CC(=O)CC[C@]4(C)C3=CC[C@]12C. The van der Waals surface area contributed by atoms with Gasteiger partial charge >= 0.3 is 0 Å². The first kappa shape index (κ1) is 15.6. The summed E-state index contributed by atoms with van der Waals surface area (Å²) < 4.78 is 0. The summed E-state index contributed by atoms with van der Waals surface area (Å²) in [5.74, 6) is 3.07. The van der Waals surface area contributed by atoms with Gasteiger partial charge in [0.15, 0.2) is 0 Å². The molecule has 0 N–H and O–H groups in total. The number of hydrogen-bond acceptors (Lipinski definition) is 2. The zero-order valence-corrected chi connectivity index (χ0v) is 14.9. The molecule has 2 heteroatoms. The van der Waals surface area contributed by atoms with Crippen LogP contribution in [-0.4, -0.2) is 11.6 Å². The second-order valence-electron chi connectivity index (χ2n) is 9.26. The minimum atomic E-state index is 0.188. The molecule has 4 aliphatic rings. The molecule has 4 rings (SSSR count). The highest BCUT2D eigenvalue weighted by atomic mass is 16.1. The summed E-state index contributed by atoms with van der Waals surface area (Å²) in [6, 6.07) is 0. The van der Waals surface area contributed by atoms with Gasteiger partial charge in [-0.2, -0.15) is 0 Å². The van der Waals surface area contributed by atoms with Gasteiger partial charge in [-0.15, -0.1) is 0 Å². The summed E-state index contributed by atoms with van der Waals surface area (Å²) in [5.41, 5.74) is 2.12. The van der Waals surface area contributed by atoms with E-state index in [2.05, 4.69) is 19.9 Å². The predicted octanol–water partition coefficient (Wildman–Crippen LogP) is 4.72. The van der Waals surface area contributed by atoms with Gasteiger partial charge < -0.3 is 0 Å². The number of ketones is 2. The third-order valence-corrected chi connectivity index (χ3v) is 8.33. The largest absolute Gasteiger partial charge is 0.300 e. The van der Waals surface area contributed by atoms with Gasteiger partial charge in [-0.3, -0.25) is 9.59 Å². The average Bonchev–Trinajstić information content (AvgIpc) is 2.85. The Hall–Kier alpha value is -0.920. The summed E-state index contributed by atoms with van der Waals surface area (Å²) >= 11 is 0. The van der Waals surface area contributed by atoms with E-state index in [4.69, 9.17) is 0 Å². The van der Waals surface area contributed by atoms with Crippen molar-refractivity contribution in [2.75, 3.05) is 0 Å². The van der Waals surface area contributed by atoms with E-state index in [1.165, 1.54) is 19.3 Å². The van der Waals surface area contributed by atoms with E-state index in [1.54, 1.807) is 12.5 Å². The van der Waals surface area contributed by atoms with Crippen LogP contribution in [0.2, 0.25) is 0 Å². The van der Waals surface area contributed by atoms with Gasteiger partial charge in [0, 0.05) is 18.8 Å². The molecule has 4 aliphatic carbocycles. The first-order valence-corrected chi connectivity index (χ1v) is 9.59. The van der Waals surface area contributed by atoms with Crippen molar-refractivity contribution in [3.63, 3.8) is 0 Å². The van der Waals surface area contributed by atoms with Crippen LogP contribution in [0.5, 0.6) is 0 Å². The van der Waals surface area contributed by atoms with Crippen molar-refractivity contribution in [3.05, 3.63) is 11.6 Å². The highest BCUT2D eigenvalue weighted by Crippen LogP contribution is 2.65. The second kappa shape index (κ2) is 5.04. The zero-order valence-electron chi connectivity index (χ0n) is 14.9. The average molecular weight is 314 g/mol. The quantitative estimate of drug-likeness (QED) is 0.656. The molecule has 0 amide bonds. The lowest BCUT2D eigenvalue weighted by Crippen LogP contribution is -2.48. The maximum Gasteiger partial charge on any atom is 0.133 e. The van der Waals surface area contributed by atoms with Crippen LogP contribution < -0.4 is 0 Å². The van der Waals surface area contributed by atoms with Gasteiger partial charge in [-0.05, 0) is 74.0 Å². The monoisotopic (exact) mass is 314 g/mol. The highest BCUT2D eigenvalue weighted by Gasteiger charge is 2.57. The van der Waals surface area contributed by atoms with Gasteiger partial charge in [0.2, 0.25) is 0 Å². The van der Waals surface area contributed by atoms with Gasteiger partial charge in [0.25, 0.3) is 0 Å². The van der Waals surface area contributed by atoms with E-state index in [-0.39, 0.29) is 16.7 Å². The van der Waals surface area contributed by atoms with E-state index in [9.17, 15) is 9.59 Å². The number of hydrogen-bond donors (Lipinski definition) is 0. The Morgan fingerprint density at radius 1 is 1.17 bits per heavy atom. The van der Waals surface area contributed by atoms with Crippen LogP contribution in [0, 0.1) is 34.5 Å². The van der Waals surface area contributed by atoms with Crippen LogP contribution in [-0.2, 0) is 9.59 Å². The van der Waals surface area contributed by atoms with Gasteiger partial charge in [0.1, 0.15) is 11.6 Å². The summed E-state index contributed by atoms with van der Waals surface area (Å²) in [6.07, 6.45) is 11.0. The molecule has 0 aromatic rings. The number of carbonyl (C=O) groups excluding carboxylic acids is 2. The van der Waals surface area contributed by atoms with Crippen LogP contribution in [0.3, 0.4) is 0 Å². The maximum atomic E-state index is 12.1. The van der Waals surface area contributed by atoms with E-state index in [1.807, 2.05) is 0 Å². The lowest BCUT2D eigenvalue weighted by atomic mass is 9.49. The normalized spacial score (nSPS) is 49.0. The van der Waals surface area contributed by atoms with E-state index in [0.717, 1.165) is 32.1 Å². The van der Waals surface area contributed by atoms with Crippen LogP contribution in [0.1, 0.15) is 72.1 Å². The fourth-order valence-electron chi connectivity index (χ4n) is 6.98. The molecule has 2 nitrogen and oxygen atoms in total. The first-order valence-electron chi connectivity index (χ1n) is 9.59. The first-order chi connectivity index (χ1) is 10.9. The molecule has 0 aromatic carbocycles. The Labute approximate surface area is 140 Å². The summed E-state index contributed by atoms with van der Waals surface area (Å²) in [7, 11) is 0. The van der Waals surface area contributed by atoms with E-state index >= 15 is 0 Å². The van der Waals surface area contributed by atoms with Gasteiger partial charge in [0.05, 0.1) is 0 Å². The molecule has 0 aliphatic heterocycles. The second-order valence-corrected chi connectivity index (χ2v) is 9.26. The number of carbonyl (C=O) groups is 2. The predicted molar refractivity (Wildman–Crippen MR) is 90.9 cm³/mol. The van der Waals surface area contributed by atoms with Crippen LogP contribution in [0.25, 0.3) is 0 Å². The molecule has 0 heterocycles. The van der Waals surface area contributed by atoms with Crippen molar-refractivity contribution in [1.82, 2.24) is 0 Å². The Balaban J connectivity index is 1.70. The van der Waals surface area contributed by atoms with Crippen molar-refractivity contribution in [1.29, 1.82) is 0 Å². The maximum absolute atomic E-state index is 12.1. The standard InChI is InChI=1S/C21H30O2/c1-13(22)17-6-7-18-16-5-4-14-12-15(23)8-10-20(14,2)19(16)9-11-21(17,18)3/h9,14,16-18H,4-8,10-12H2,1-3H3/t14-,16-,17+,18+,20-,21+/m0/s1. The minimum Gasteiger partial charge on any atom is -0.300 e. The fourth-order valence-corrected chi connectivity index (χ4v) is 6.98. The highest BCUT2D eigenvalue weighted by molar-refractivity contribution is 5.80. The third-order valence-electron chi connectivity index (χ3n) is 8.33. The lowest BCUT2D eigenvalue weighted by molar-refractivity contribution is -0.127. The number of Topliss-reactive ketones (excluding diaryl/α,β-unsaturated/α-hetero) is 2. The lowest BCUT2D eigenvalue weighted by Gasteiger charge is -2.55. The van der Waals surface area contributed by atoms with Crippen molar-refractivity contribution < 1.29 is 9.59 Å². The molecular weight excluding hydrogens is 284 g/mol.